The number of ether oxygens (including phenoxy) is 1. The van der Waals surface area contributed by atoms with E-state index in [4.69, 9.17) is 10.5 Å². The fourth-order valence-corrected chi connectivity index (χ4v) is 1.48. The Hall–Kier alpha value is -1.39. The fourth-order valence-electron chi connectivity index (χ4n) is 1.48. The molecule has 1 rings (SSSR count). The van der Waals surface area contributed by atoms with Gasteiger partial charge in [0.05, 0.1) is 18.2 Å². The Kier molecular flexibility index (Phi) is 5.51. The third-order valence-electron chi connectivity index (χ3n) is 2.54. The van der Waals surface area contributed by atoms with Crippen molar-refractivity contribution in [2.45, 2.75) is 52.5 Å². The zero-order valence-electron chi connectivity index (χ0n) is 12.2. The highest BCUT2D eigenvalue weighted by atomic mass is 16.5. The molecule has 0 saturated heterocycles. The lowest BCUT2D eigenvalue weighted by atomic mass is 10.1. The minimum absolute atomic E-state index is 0.142. The summed E-state index contributed by atoms with van der Waals surface area (Å²) in [5.74, 6) is -0.142. The maximum absolute atomic E-state index is 11.4. The number of nitrogens with one attached hydrogen (secondary N) is 1. The molecule has 0 spiro atoms. The van der Waals surface area contributed by atoms with Crippen LogP contribution in [0.3, 0.4) is 0 Å². The van der Waals surface area contributed by atoms with Crippen LogP contribution < -0.4 is 11.1 Å². The summed E-state index contributed by atoms with van der Waals surface area (Å²) in [6, 6.07) is 7.51. The van der Waals surface area contributed by atoms with E-state index in [1.807, 2.05) is 45.0 Å². The largest absolute Gasteiger partial charge is 0.371 e. The number of hydrogen-bond acceptors (Lipinski definition) is 3. The van der Waals surface area contributed by atoms with E-state index in [0.717, 1.165) is 11.1 Å². The SMILES string of the molecule is CC(N)C(=O)NCc1cccc(COC(C)(C)C)c1. The normalized spacial score (nSPS) is 13.1. The standard InChI is InChI=1S/C15H24N2O2/c1-11(16)14(18)17-9-12-6-5-7-13(8-12)10-19-15(2,3)4/h5-8,11H,9-10,16H2,1-4H3,(H,17,18). The van der Waals surface area contributed by atoms with Gasteiger partial charge in [-0.25, -0.2) is 0 Å². The molecule has 106 valence electrons. The molecule has 1 atom stereocenters. The second-order valence-corrected chi connectivity index (χ2v) is 5.73. The first kappa shape index (κ1) is 15.7. The molecular formula is C15H24N2O2. The van der Waals surface area contributed by atoms with Crippen LogP contribution in [0.1, 0.15) is 38.8 Å². The number of nitrogens with two attached hydrogens (primary N) is 1. The Labute approximate surface area is 115 Å². The van der Waals surface area contributed by atoms with E-state index in [0.29, 0.717) is 13.2 Å². The van der Waals surface area contributed by atoms with Crippen LogP contribution in [0.5, 0.6) is 0 Å². The molecule has 0 aliphatic heterocycles. The summed E-state index contributed by atoms with van der Waals surface area (Å²) < 4.78 is 5.73. The van der Waals surface area contributed by atoms with Crippen LogP contribution in [0, 0.1) is 0 Å². The van der Waals surface area contributed by atoms with Crippen molar-refractivity contribution in [2.24, 2.45) is 5.73 Å². The topological polar surface area (TPSA) is 64.4 Å². The zero-order chi connectivity index (χ0) is 14.5. The van der Waals surface area contributed by atoms with Gasteiger partial charge in [0.15, 0.2) is 0 Å². The number of hydrogen-bond donors (Lipinski definition) is 2. The van der Waals surface area contributed by atoms with E-state index in [1.54, 1.807) is 6.92 Å². The lowest BCUT2D eigenvalue weighted by molar-refractivity contribution is -0.122. The Morgan fingerprint density at radius 1 is 1.37 bits per heavy atom. The van der Waals surface area contributed by atoms with Crippen LogP contribution in [-0.2, 0) is 22.7 Å². The lowest BCUT2D eigenvalue weighted by Gasteiger charge is -2.19. The molecule has 0 aliphatic rings. The van der Waals surface area contributed by atoms with Gasteiger partial charge in [-0.3, -0.25) is 4.79 Å². The van der Waals surface area contributed by atoms with Crippen LogP contribution in [0.2, 0.25) is 0 Å². The molecule has 1 aromatic rings. The molecule has 0 heterocycles. The molecule has 0 aliphatic carbocycles. The first-order valence-corrected chi connectivity index (χ1v) is 6.53. The molecular weight excluding hydrogens is 240 g/mol. The summed E-state index contributed by atoms with van der Waals surface area (Å²) >= 11 is 0. The van der Waals surface area contributed by atoms with Gasteiger partial charge in [0.1, 0.15) is 0 Å². The summed E-state index contributed by atoms with van der Waals surface area (Å²) in [6.07, 6.45) is 0. The third-order valence-corrected chi connectivity index (χ3v) is 2.54. The average molecular weight is 264 g/mol. The van der Waals surface area contributed by atoms with Crippen molar-refractivity contribution in [3.8, 4) is 0 Å². The van der Waals surface area contributed by atoms with Gasteiger partial charge in [-0.1, -0.05) is 24.3 Å². The summed E-state index contributed by atoms with van der Waals surface area (Å²) in [5.41, 5.74) is 7.48. The average Bonchev–Trinajstić information content (AvgIpc) is 2.33. The van der Waals surface area contributed by atoms with E-state index in [-0.39, 0.29) is 11.5 Å². The van der Waals surface area contributed by atoms with Crippen molar-refractivity contribution in [1.82, 2.24) is 5.32 Å². The van der Waals surface area contributed by atoms with Gasteiger partial charge in [-0.15, -0.1) is 0 Å². The van der Waals surface area contributed by atoms with Gasteiger partial charge in [0.2, 0.25) is 5.91 Å². The van der Waals surface area contributed by atoms with Crippen molar-refractivity contribution < 1.29 is 9.53 Å². The van der Waals surface area contributed by atoms with Crippen molar-refractivity contribution >= 4 is 5.91 Å². The summed E-state index contributed by atoms with van der Waals surface area (Å²) in [4.78, 5) is 11.4. The van der Waals surface area contributed by atoms with Gasteiger partial charge < -0.3 is 15.8 Å². The van der Waals surface area contributed by atoms with Crippen molar-refractivity contribution in [2.75, 3.05) is 0 Å². The number of carbonyl (C=O) groups excluding carboxylic acids is 1. The van der Waals surface area contributed by atoms with Gasteiger partial charge in [-0.05, 0) is 38.8 Å². The Balaban J connectivity index is 2.55. The Morgan fingerprint density at radius 2 is 2.00 bits per heavy atom. The summed E-state index contributed by atoms with van der Waals surface area (Å²) in [6.45, 7) is 8.81. The minimum atomic E-state index is -0.479. The predicted molar refractivity (Wildman–Crippen MR) is 76.5 cm³/mol. The van der Waals surface area contributed by atoms with Crippen LogP contribution in [0.4, 0.5) is 0 Å². The Bertz CT molecular complexity index is 422. The monoisotopic (exact) mass is 264 g/mol. The van der Waals surface area contributed by atoms with Crippen LogP contribution >= 0.6 is 0 Å². The Morgan fingerprint density at radius 3 is 2.58 bits per heavy atom. The maximum Gasteiger partial charge on any atom is 0.236 e. The van der Waals surface area contributed by atoms with Gasteiger partial charge in [-0.2, -0.15) is 0 Å². The molecule has 3 N–H and O–H groups in total. The molecule has 0 fully saturated rings. The summed E-state index contributed by atoms with van der Waals surface area (Å²) in [7, 11) is 0. The van der Waals surface area contributed by atoms with Crippen LogP contribution in [-0.4, -0.2) is 17.6 Å². The van der Waals surface area contributed by atoms with E-state index in [9.17, 15) is 4.79 Å². The molecule has 0 aromatic heterocycles. The zero-order valence-corrected chi connectivity index (χ0v) is 12.2. The second-order valence-electron chi connectivity index (χ2n) is 5.73. The van der Waals surface area contributed by atoms with Crippen molar-refractivity contribution in [3.63, 3.8) is 0 Å². The van der Waals surface area contributed by atoms with Crippen LogP contribution in [0.15, 0.2) is 24.3 Å². The maximum atomic E-state index is 11.4. The summed E-state index contributed by atoms with van der Waals surface area (Å²) in [5, 5.41) is 2.79. The highest BCUT2D eigenvalue weighted by Gasteiger charge is 2.10. The molecule has 1 aromatic carbocycles. The number of rotatable bonds is 5. The van der Waals surface area contributed by atoms with E-state index in [1.165, 1.54) is 0 Å². The molecule has 4 heteroatoms. The molecule has 1 amide bonds. The fraction of sp³-hybridized carbons (Fsp3) is 0.533. The third kappa shape index (κ3) is 6.36. The van der Waals surface area contributed by atoms with E-state index in [2.05, 4.69) is 5.32 Å². The van der Waals surface area contributed by atoms with E-state index < -0.39 is 6.04 Å². The first-order chi connectivity index (χ1) is 8.78. The minimum Gasteiger partial charge on any atom is -0.371 e. The lowest BCUT2D eigenvalue weighted by Crippen LogP contribution is -2.37. The van der Waals surface area contributed by atoms with E-state index >= 15 is 0 Å². The quantitative estimate of drug-likeness (QED) is 0.854. The molecule has 0 radical (unpaired) electrons. The molecule has 0 saturated carbocycles. The molecule has 4 nitrogen and oxygen atoms in total. The predicted octanol–water partition coefficient (Wildman–Crippen LogP) is 1.97. The number of benzene rings is 1. The van der Waals surface area contributed by atoms with Crippen LogP contribution in [0.25, 0.3) is 0 Å². The highest BCUT2D eigenvalue weighted by molar-refractivity contribution is 5.80. The molecule has 0 bridgehead atoms. The van der Waals surface area contributed by atoms with Gasteiger partial charge in [0.25, 0.3) is 0 Å². The van der Waals surface area contributed by atoms with Gasteiger partial charge in [0, 0.05) is 6.54 Å². The molecule has 19 heavy (non-hydrogen) atoms. The van der Waals surface area contributed by atoms with Crippen molar-refractivity contribution in [1.29, 1.82) is 0 Å². The second kappa shape index (κ2) is 6.68. The van der Waals surface area contributed by atoms with Crippen molar-refractivity contribution in [3.05, 3.63) is 35.4 Å². The highest BCUT2D eigenvalue weighted by Crippen LogP contribution is 2.13. The molecule has 1 unspecified atom stereocenters. The number of carbonyl (C=O) groups is 1. The van der Waals surface area contributed by atoms with Gasteiger partial charge >= 0.3 is 0 Å². The number of amides is 1. The smallest absolute Gasteiger partial charge is 0.236 e. The first-order valence-electron chi connectivity index (χ1n) is 6.53.